The smallest absolute Gasteiger partial charge is 0.308 e. The van der Waals surface area contributed by atoms with Gasteiger partial charge in [-0.2, -0.15) is 0 Å². The van der Waals surface area contributed by atoms with Gasteiger partial charge in [-0.05, 0) is 31.4 Å². The van der Waals surface area contributed by atoms with Crippen molar-refractivity contribution in [2.45, 2.75) is 53.1 Å². The van der Waals surface area contributed by atoms with Crippen molar-refractivity contribution in [3.8, 4) is 17.2 Å². The maximum atomic E-state index is 11.5. The molecule has 1 heterocycles. The molecule has 1 aliphatic carbocycles. The lowest BCUT2D eigenvalue weighted by Gasteiger charge is -2.33. The van der Waals surface area contributed by atoms with E-state index in [2.05, 4.69) is 0 Å². The van der Waals surface area contributed by atoms with Gasteiger partial charge in [-0.1, -0.05) is 0 Å². The zero-order chi connectivity index (χ0) is 23.4. The van der Waals surface area contributed by atoms with Crippen molar-refractivity contribution in [3.63, 3.8) is 0 Å². The SMILES string of the molecule is CC(=O)OC1=CCC([C@@H]2CCc3c(OC(C)=O)cc(OC(C)=O)cc3O2)C=C1OC(C)=O. The van der Waals surface area contributed by atoms with Crippen LogP contribution in [0.15, 0.2) is 35.8 Å². The highest BCUT2D eigenvalue weighted by atomic mass is 16.6. The summed E-state index contributed by atoms with van der Waals surface area (Å²) in [5.41, 5.74) is 0.698. The number of hydrogen-bond donors (Lipinski definition) is 0. The summed E-state index contributed by atoms with van der Waals surface area (Å²) < 4.78 is 27.0. The third kappa shape index (κ3) is 5.75. The van der Waals surface area contributed by atoms with E-state index in [1.807, 2.05) is 0 Å². The largest absolute Gasteiger partial charge is 0.489 e. The summed E-state index contributed by atoms with van der Waals surface area (Å²) in [6.07, 6.45) is 4.73. The Labute approximate surface area is 184 Å². The molecular weight excluding hydrogens is 420 g/mol. The molecule has 0 saturated carbocycles. The fourth-order valence-corrected chi connectivity index (χ4v) is 3.66. The molecular formula is C23H24O9. The molecule has 0 aromatic heterocycles. The molecule has 1 aliphatic heterocycles. The lowest BCUT2D eigenvalue weighted by Crippen LogP contribution is -2.32. The van der Waals surface area contributed by atoms with Gasteiger partial charge in [0, 0.05) is 51.3 Å². The van der Waals surface area contributed by atoms with Crippen LogP contribution < -0.4 is 14.2 Å². The normalized spacial score (nSPS) is 19.4. The molecule has 0 radical (unpaired) electrons. The van der Waals surface area contributed by atoms with Gasteiger partial charge < -0.3 is 23.7 Å². The lowest BCUT2D eigenvalue weighted by molar-refractivity contribution is -0.141. The Hall–Kier alpha value is -3.62. The van der Waals surface area contributed by atoms with Crippen LogP contribution in [0.3, 0.4) is 0 Å². The van der Waals surface area contributed by atoms with Crippen LogP contribution in [0.1, 0.15) is 46.1 Å². The summed E-state index contributed by atoms with van der Waals surface area (Å²) in [6, 6.07) is 3.06. The van der Waals surface area contributed by atoms with Crippen LogP contribution in [0, 0.1) is 5.92 Å². The van der Waals surface area contributed by atoms with Gasteiger partial charge in [0.25, 0.3) is 0 Å². The summed E-state index contributed by atoms with van der Waals surface area (Å²) in [4.78, 5) is 45.8. The number of ether oxygens (including phenoxy) is 5. The third-order valence-corrected chi connectivity index (χ3v) is 4.78. The first-order chi connectivity index (χ1) is 15.1. The van der Waals surface area contributed by atoms with E-state index in [-0.39, 0.29) is 35.0 Å². The molecule has 0 N–H and O–H groups in total. The average molecular weight is 444 g/mol. The minimum Gasteiger partial charge on any atom is -0.489 e. The first kappa shape index (κ1) is 23.1. The number of hydrogen-bond acceptors (Lipinski definition) is 9. The van der Waals surface area contributed by atoms with Gasteiger partial charge in [0.1, 0.15) is 23.4 Å². The molecule has 0 bridgehead atoms. The highest BCUT2D eigenvalue weighted by Gasteiger charge is 2.32. The summed E-state index contributed by atoms with van der Waals surface area (Å²) in [5.74, 6) is -0.990. The maximum absolute atomic E-state index is 11.5. The van der Waals surface area contributed by atoms with Crippen molar-refractivity contribution in [3.05, 3.63) is 41.4 Å². The Morgan fingerprint density at radius 3 is 2.09 bits per heavy atom. The summed E-state index contributed by atoms with van der Waals surface area (Å²) in [6.45, 7) is 5.08. The second kappa shape index (κ2) is 9.67. The quantitative estimate of drug-likeness (QED) is 0.499. The van der Waals surface area contributed by atoms with Crippen molar-refractivity contribution >= 4 is 23.9 Å². The van der Waals surface area contributed by atoms with Gasteiger partial charge in [0.05, 0.1) is 0 Å². The predicted octanol–water partition coefficient (Wildman–Crippen LogP) is 3.14. The van der Waals surface area contributed by atoms with E-state index >= 15 is 0 Å². The Kier molecular flexibility index (Phi) is 6.97. The van der Waals surface area contributed by atoms with E-state index in [4.69, 9.17) is 23.7 Å². The zero-order valence-electron chi connectivity index (χ0n) is 18.3. The van der Waals surface area contributed by atoms with Crippen LogP contribution in [0.5, 0.6) is 17.2 Å². The lowest BCUT2D eigenvalue weighted by atomic mass is 9.87. The van der Waals surface area contributed by atoms with Gasteiger partial charge in [-0.15, -0.1) is 0 Å². The van der Waals surface area contributed by atoms with E-state index in [9.17, 15) is 19.2 Å². The van der Waals surface area contributed by atoms with Crippen LogP contribution in [0.25, 0.3) is 0 Å². The summed E-state index contributed by atoms with van der Waals surface area (Å²) >= 11 is 0. The van der Waals surface area contributed by atoms with E-state index < -0.39 is 23.9 Å². The highest BCUT2D eigenvalue weighted by molar-refractivity contribution is 5.73. The number of fused-ring (bicyclic) bond motifs is 1. The molecule has 9 nitrogen and oxygen atoms in total. The van der Waals surface area contributed by atoms with E-state index in [0.717, 1.165) is 0 Å². The van der Waals surface area contributed by atoms with Crippen LogP contribution >= 0.6 is 0 Å². The third-order valence-electron chi connectivity index (χ3n) is 4.78. The predicted molar refractivity (Wildman–Crippen MR) is 110 cm³/mol. The fourth-order valence-electron chi connectivity index (χ4n) is 3.66. The Bertz CT molecular complexity index is 1020. The summed E-state index contributed by atoms with van der Waals surface area (Å²) in [7, 11) is 0. The zero-order valence-corrected chi connectivity index (χ0v) is 18.3. The molecule has 0 saturated heterocycles. The molecule has 32 heavy (non-hydrogen) atoms. The average Bonchev–Trinajstić information content (AvgIpc) is 2.67. The number of carbonyl (C=O) groups is 4. The molecule has 0 spiro atoms. The number of benzene rings is 1. The number of carbonyl (C=O) groups excluding carboxylic acids is 4. The molecule has 1 aromatic carbocycles. The first-order valence-electron chi connectivity index (χ1n) is 10.1. The van der Waals surface area contributed by atoms with Crippen molar-refractivity contribution in [1.29, 1.82) is 0 Å². The van der Waals surface area contributed by atoms with Gasteiger partial charge >= 0.3 is 23.9 Å². The van der Waals surface area contributed by atoms with Gasteiger partial charge in [0.15, 0.2) is 11.5 Å². The number of rotatable bonds is 5. The second-order valence-corrected chi connectivity index (χ2v) is 7.47. The molecule has 1 unspecified atom stereocenters. The molecule has 1 aromatic rings. The number of allylic oxidation sites excluding steroid dienone is 1. The van der Waals surface area contributed by atoms with E-state index in [0.29, 0.717) is 30.6 Å². The fraction of sp³-hybridized carbons (Fsp3) is 0.391. The Morgan fingerprint density at radius 2 is 1.47 bits per heavy atom. The number of esters is 4. The molecule has 2 atom stereocenters. The van der Waals surface area contributed by atoms with Gasteiger partial charge in [-0.25, -0.2) is 0 Å². The van der Waals surface area contributed by atoms with Crippen molar-refractivity contribution < 1.29 is 42.9 Å². The monoisotopic (exact) mass is 444 g/mol. The molecule has 0 amide bonds. The molecule has 9 heteroatoms. The summed E-state index contributed by atoms with van der Waals surface area (Å²) in [5, 5.41) is 0. The van der Waals surface area contributed by atoms with Crippen molar-refractivity contribution in [2.75, 3.05) is 0 Å². The molecule has 0 fully saturated rings. The molecule has 3 rings (SSSR count). The van der Waals surface area contributed by atoms with E-state index in [1.165, 1.54) is 33.8 Å². The minimum atomic E-state index is -0.540. The maximum Gasteiger partial charge on any atom is 0.308 e. The second-order valence-electron chi connectivity index (χ2n) is 7.47. The topological polar surface area (TPSA) is 114 Å². The molecule has 170 valence electrons. The standard InChI is InChI=1S/C23H24O9/c1-12(24)28-17-10-21(30-14(3)26)18-6-8-19(32-22(18)11-17)16-5-7-20(29-13(2)25)23(9-16)31-15(4)27/h7,9-11,16,19H,5-6,8H2,1-4H3/t16?,19-/m0/s1. The van der Waals surface area contributed by atoms with Crippen LogP contribution in [-0.2, 0) is 35.1 Å². The first-order valence-corrected chi connectivity index (χ1v) is 10.1. The van der Waals surface area contributed by atoms with Crippen LogP contribution in [-0.4, -0.2) is 30.0 Å². The Morgan fingerprint density at radius 1 is 0.844 bits per heavy atom. The van der Waals surface area contributed by atoms with Gasteiger partial charge in [-0.3, -0.25) is 19.2 Å². The van der Waals surface area contributed by atoms with Crippen LogP contribution in [0.4, 0.5) is 0 Å². The van der Waals surface area contributed by atoms with Gasteiger partial charge in [0.2, 0.25) is 0 Å². The molecule has 2 aliphatic rings. The van der Waals surface area contributed by atoms with Crippen molar-refractivity contribution in [2.24, 2.45) is 5.92 Å². The van der Waals surface area contributed by atoms with Crippen molar-refractivity contribution in [1.82, 2.24) is 0 Å². The van der Waals surface area contributed by atoms with Crippen LogP contribution in [0.2, 0.25) is 0 Å². The minimum absolute atomic E-state index is 0.160. The Balaban J connectivity index is 1.87. The highest BCUT2D eigenvalue weighted by Crippen LogP contribution is 2.42. The van der Waals surface area contributed by atoms with E-state index in [1.54, 1.807) is 18.2 Å².